The van der Waals surface area contributed by atoms with Crippen molar-refractivity contribution < 1.29 is 23.5 Å². The van der Waals surface area contributed by atoms with Crippen LogP contribution in [0.25, 0.3) is 28.3 Å². The maximum Gasteiger partial charge on any atom is 0.435 e. The Balaban J connectivity index is 1.46. The number of carbonyl (C=O) groups excluding carboxylic acids is 2. The average Bonchev–Trinajstić information content (AvgIpc) is 3.43. The lowest BCUT2D eigenvalue weighted by atomic mass is 10.1. The summed E-state index contributed by atoms with van der Waals surface area (Å²) in [5.41, 5.74) is 2.44. The van der Waals surface area contributed by atoms with E-state index in [4.69, 9.17) is 9.15 Å². The number of carbonyl (C=O) groups is 2. The molecule has 2 aromatic carbocycles. The first-order valence-electron chi connectivity index (χ1n) is 10.5. The van der Waals surface area contributed by atoms with Crippen LogP contribution in [0.5, 0.6) is 0 Å². The molecular weight excluding hydrogens is 436 g/mol. The lowest BCUT2D eigenvalue weighted by Gasteiger charge is -2.19. The van der Waals surface area contributed by atoms with Crippen LogP contribution in [0.1, 0.15) is 26.3 Å². The van der Waals surface area contributed by atoms with Gasteiger partial charge in [-0.25, -0.2) is 14.6 Å². The van der Waals surface area contributed by atoms with Crippen LogP contribution in [-0.2, 0) is 14.3 Å². The lowest BCUT2D eigenvalue weighted by Crippen LogP contribution is -2.27. The highest BCUT2D eigenvalue weighted by Gasteiger charge is 2.20. The van der Waals surface area contributed by atoms with Crippen LogP contribution in [0.4, 0.5) is 16.5 Å². The second-order valence-corrected chi connectivity index (χ2v) is 8.44. The van der Waals surface area contributed by atoms with Crippen molar-refractivity contribution in [1.82, 2.24) is 14.8 Å². The zero-order chi connectivity index (χ0) is 24.3. The van der Waals surface area contributed by atoms with Gasteiger partial charge in [0.25, 0.3) is 6.01 Å². The molecule has 0 spiro atoms. The topological polar surface area (TPSA) is 108 Å². The Morgan fingerprint density at radius 2 is 1.85 bits per heavy atom. The molecule has 174 valence electrons. The summed E-state index contributed by atoms with van der Waals surface area (Å²) in [7, 11) is 1.33. The number of oxazole rings is 1. The van der Waals surface area contributed by atoms with Crippen LogP contribution in [-0.4, -0.2) is 39.5 Å². The normalized spacial score (nSPS) is 11.6. The highest BCUT2D eigenvalue weighted by molar-refractivity contribution is 5.90. The smallest absolute Gasteiger partial charge is 0.435 e. The highest BCUT2D eigenvalue weighted by atomic mass is 16.6. The van der Waals surface area contributed by atoms with Gasteiger partial charge in [0.05, 0.1) is 25.0 Å². The largest absolute Gasteiger partial charge is 0.466 e. The van der Waals surface area contributed by atoms with Crippen LogP contribution in [0.15, 0.2) is 65.4 Å². The number of fused-ring (bicyclic) bond motifs is 1. The maximum absolute atomic E-state index is 12.4. The molecule has 0 unspecified atom stereocenters. The average molecular weight is 460 g/mol. The summed E-state index contributed by atoms with van der Waals surface area (Å²) in [5, 5.41) is 8.03. The number of aromatic nitrogens is 3. The van der Waals surface area contributed by atoms with Crippen molar-refractivity contribution in [3.05, 3.63) is 66.5 Å². The van der Waals surface area contributed by atoms with E-state index < -0.39 is 17.7 Å². The molecule has 9 nitrogen and oxygen atoms in total. The van der Waals surface area contributed by atoms with Gasteiger partial charge >= 0.3 is 12.1 Å². The Kier molecular flexibility index (Phi) is 6.18. The van der Waals surface area contributed by atoms with Crippen LogP contribution in [0.2, 0.25) is 0 Å². The molecule has 34 heavy (non-hydrogen) atoms. The van der Waals surface area contributed by atoms with E-state index in [0.717, 1.165) is 22.2 Å². The van der Waals surface area contributed by atoms with Crippen molar-refractivity contribution in [2.75, 3.05) is 12.4 Å². The minimum Gasteiger partial charge on any atom is -0.466 e. The van der Waals surface area contributed by atoms with Crippen LogP contribution < -0.4 is 5.32 Å². The fourth-order valence-electron chi connectivity index (χ4n) is 3.14. The van der Waals surface area contributed by atoms with Gasteiger partial charge in [0.2, 0.25) is 0 Å². The molecule has 4 aromatic rings. The summed E-state index contributed by atoms with van der Waals surface area (Å²) in [5.74, 6) is 0.176. The molecule has 2 aromatic heterocycles. The lowest BCUT2D eigenvalue weighted by molar-refractivity contribution is -0.134. The van der Waals surface area contributed by atoms with Gasteiger partial charge in [0.15, 0.2) is 5.76 Å². The Hall–Kier alpha value is -4.40. The molecular formula is C25H24N4O5. The molecule has 0 aliphatic rings. The summed E-state index contributed by atoms with van der Waals surface area (Å²) < 4.78 is 17.0. The van der Waals surface area contributed by atoms with Gasteiger partial charge in [-0.2, -0.15) is 9.78 Å². The molecule has 0 atom stereocenters. The number of ether oxygens (including phenoxy) is 2. The molecule has 1 N–H and O–H groups in total. The van der Waals surface area contributed by atoms with E-state index >= 15 is 0 Å². The van der Waals surface area contributed by atoms with Crippen molar-refractivity contribution in [2.24, 2.45) is 0 Å². The van der Waals surface area contributed by atoms with Gasteiger partial charge in [-0.05, 0) is 50.6 Å². The van der Waals surface area contributed by atoms with Gasteiger partial charge in [0, 0.05) is 22.7 Å². The summed E-state index contributed by atoms with van der Waals surface area (Å²) in [6.45, 7) is 5.42. The number of hydrogen-bond donors (Lipinski definition) is 1. The van der Waals surface area contributed by atoms with E-state index in [-0.39, 0.29) is 0 Å². The molecule has 0 amide bonds. The zero-order valence-corrected chi connectivity index (χ0v) is 19.2. The minimum absolute atomic E-state index is 0.323. The Morgan fingerprint density at radius 1 is 1.09 bits per heavy atom. The summed E-state index contributed by atoms with van der Waals surface area (Å²) >= 11 is 0. The van der Waals surface area contributed by atoms with E-state index in [9.17, 15) is 9.59 Å². The van der Waals surface area contributed by atoms with Crippen molar-refractivity contribution in [2.45, 2.75) is 26.4 Å². The molecule has 0 saturated carbocycles. The third kappa shape index (κ3) is 5.32. The van der Waals surface area contributed by atoms with E-state index in [1.54, 1.807) is 51.4 Å². The summed E-state index contributed by atoms with van der Waals surface area (Å²) in [6, 6.07) is 13.2. The first kappa shape index (κ1) is 22.8. The van der Waals surface area contributed by atoms with Crippen molar-refractivity contribution in [1.29, 1.82) is 0 Å². The first-order chi connectivity index (χ1) is 16.2. The van der Waals surface area contributed by atoms with Gasteiger partial charge in [-0.15, -0.1) is 0 Å². The van der Waals surface area contributed by atoms with Gasteiger partial charge in [-0.3, -0.25) is 0 Å². The predicted octanol–water partition coefficient (Wildman–Crippen LogP) is 5.40. The molecule has 0 fully saturated rings. The van der Waals surface area contributed by atoms with Crippen LogP contribution in [0.3, 0.4) is 0 Å². The Morgan fingerprint density at radius 3 is 2.56 bits per heavy atom. The number of anilines is 2. The third-order valence-electron chi connectivity index (χ3n) is 4.70. The third-order valence-corrected chi connectivity index (χ3v) is 4.70. The number of methoxy groups -OCH3 is 1. The molecule has 4 rings (SSSR count). The molecule has 0 aliphatic heterocycles. The van der Waals surface area contributed by atoms with Crippen LogP contribution >= 0.6 is 0 Å². The van der Waals surface area contributed by atoms with E-state index in [1.165, 1.54) is 17.9 Å². The van der Waals surface area contributed by atoms with Crippen molar-refractivity contribution >= 4 is 40.7 Å². The number of benzene rings is 2. The molecule has 0 bridgehead atoms. The highest BCUT2D eigenvalue weighted by Crippen LogP contribution is 2.27. The van der Waals surface area contributed by atoms with Crippen molar-refractivity contribution in [3.8, 4) is 11.3 Å². The van der Waals surface area contributed by atoms with E-state index in [1.807, 2.05) is 30.3 Å². The van der Waals surface area contributed by atoms with E-state index in [0.29, 0.717) is 17.3 Å². The number of nitrogens with zero attached hydrogens (tertiary/aromatic N) is 3. The standard InChI is InChI=1S/C25H24N4O5/c1-25(2,3)34-24(31)29-20-11-10-19(13-18(20)14-27-29)28-23-26-15-21(33-23)17-8-5-16(6-9-17)7-12-22(30)32-4/h5-15H,1-4H3,(H,26,28)/b12-7+. The van der Waals surface area contributed by atoms with Gasteiger partial charge in [-0.1, -0.05) is 24.3 Å². The number of hydrogen-bond acceptors (Lipinski definition) is 8. The monoisotopic (exact) mass is 460 g/mol. The molecule has 0 aliphatic carbocycles. The molecule has 2 heterocycles. The minimum atomic E-state index is -0.612. The van der Waals surface area contributed by atoms with E-state index in [2.05, 4.69) is 20.1 Å². The van der Waals surface area contributed by atoms with Crippen molar-refractivity contribution in [3.63, 3.8) is 0 Å². The number of rotatable bonds is 5. The quantitative estimate of drug-likeness (QED) is 0.311. The maximum atomic E-state index is 12.4. The van der Waals surface area contributed by atoms with Gasteiger partial charge in [0.1, 0.15) is 5.60 Å². The second kappa shape index (κ2) is 9.22. The van der Waals surface area contributed by atoms with Gasteiger partial charge < -0.3 is 19.2 Å². The fourth-order valence-corrected chi connectivity index (χ4v) is 3.14. The number of esters is 1. The Bertz CT molecular complexity index is 1360. The molecule has 0 saturated heterocycles. The summed E-state index contributed by atoms with van der Waals surface area (Å²) in [4.78, 5) is 27.9. The molecule has 9 heteroatoms. The summed E-state index contributed by atoms with van der Waals surface area (Å²) in [6.07, 6.45) is 5.72. The first-order valence-corrected chi connectivity index (χ1v) is 10.5. The second-order valence-electron chi connectivity index (χ2n) is 8.44. The zero-order valence-electron chi connectivity index (χ0n) is 19.2. The SMILES string of the molecule is COC(=O)/C=C/c1ccc(-c2cnc(Nc3ccc4c(cnn4C(=O)OC(C)(C)C)c3)o2)cc1. The van der Waals surface area contributed by atoms with Crippen LogP contribution in [0, 0.1) is 0 Å². The predicted molar refractivity (Wildman–Crippen MR) is 128 cm³/mol. The number of nitrogens with one attached hydrogen (secondary N) is 1. The Labute approximate surface area is 196 Å². The molecule has 0 radical (unpaired) electrons. The fraction of sp³-hybridized carbons (Fsp3) is 0.200.